The van der Waals surface area contributed by atoms with Crippen molar-refractivity contribution in [2.24, 2.45) is 0 Å². The molecule has 0 aliphatic rings. The maximum atomic E-state index is 12.1. The predicted molar refractivity (Wildman–Crippen MR) is 91.6 cm³/mol. The Bertz CT molecular complexity index is 525. The summed E-state index contributed by atoms with van der Waals surface area (Å²) in [5.74, 6) is 0.824. The first-order valence-electron chi connectivity index (χ1n) is 8.13. The van der Waals surface area contributed by atoms with Gasteiger partial charge in [0.1, 0.15) is 5.75 Å². The van der Waals surface area contributed by atoms with Crippen molar-refractivity contribution in [2.75, 3.05) is 33.3 Å². The van der Waals surface area contributed by atoms with E-state index in [9.17, 15) is 9.59 Å². The highest BCUT2D eigenvalue weighted by atomic mass is 16.5. The van der Waals surface area contributed by atoms with Crippen molar-refractivity contribution in [1.29, 1.82) is 0 Å². The molecule has 2 amide bonds. The van der Waals surface area contributed by atoms with E-state index in [1.54, 1.807) is 11.9 Å². The first kappa shape index (κ1) is 19.0. The molecule has 0 saturated heterocycles. The molecule has 0 aliphatic carbocycles. The molecule has 0 atom stereocenters. The second kappa shape index (κ2) is 9.18. The quantitative estimate of drug-likeness (QED) is 0.739. The Morgan fingerprint density at radius 2 is 1.78 bits per heavy atom. The van der Waals surface area contributed by atoms with Crippen LogP contribution in [0.3, 0.4) is 0 Å². The van der Waals surface area contributed by atoms with Crippen molar-refractivity contribution in [3.05, 3.63) is 29.8 Å². The third-order valence-electron chi connectivity index (χ3n) is 3.80. The molecule has 0 saturated carbocycles. The van der Waals surface area contributed by atoms with E-state index >= 15 is 0 Å². The molecule has 0 bridgehead atoms. The number of nitrogens with zero attached hydrogens (tertiary/aromatic N) is 2. The molecule has 128 valence electrons. The van der Waals surface area contributed by atoms with Gasteiger partial charge in [-0.2, -0.15) is 0 Å². The average Bonchev–Trinajstić information content (AvgIpc) is 2.53. The smallest absolute Gasteiger partial charge is 0.260 e. The summed E-state index contributed by atoms with van der Waals surface area (Å²) in [4.78, 5) is 27.2. The summed E-state index contributed by atoms with van der Waals surface area (Å²) in [7, 11) is 1.62. The number of likely N-dealkylation sites (N-methyl/N-ethyl adjacent to an activating group) is 2. The Hall–Kier alpha value is -2.04. The first-order valence-corrected chi connectivity index (χ1v) is 8.13. The summed E-state index contributed by atoms with van der Waals surface area (Å²) in [6.45, 7) is 9.38. The standard InChI is InChI=1S/C18H28N2O3/c1-6-20(7-2)17(21)12-19(5)18(22)13-23-16-10-8-9-15(11-16)14(3)4/h8-11,14H,6-7,12-13H2,1-5H3. The number of hydrogen-bond donors (Lipinski definition) is 0. The summed E-state index contributed by atoms with van der Waals surface area (Å²) >= 11 is 0. The zero-order valence-corrected chi connectivity index (χ0v) is 14.8. The van der Waals surface area contributed by atoms with E-state index in [1.807, 2.05) is 38.1 Å². The minimum atomic E-state index is -0.208. The molecule has 0 heterocycles. The van der Waals surface area contributed by atoms with Crippen LogP contribution in [0.4, 0.5) is 0 Å². The Kier molecular flexibility index (Phi) is 7.59. The monoisotopic (exact) mass is 320 g/mol. The third-order valence-corrected chi connectivity index (χ3v) is 3.80. The van der Waals surface area contributed by atoms with Gasteiger partial charge in [0.2, 0.25) is 5.91 Å². The van der Waals surface area contributed by atoms with Gasteiger partial charge >= 0.3 is 0 Å². The van der Waals surface area contributed by atoms with Gasteiger partial charge in [0, 0.05) is 20.1 Å². The molecule has 5 nitrogen and oxygen atoms in total. The van der Waals surface area contributed by atoms with Gasteiger partial charge in [0.05, 0.1) is 6.54 Å². The van der Waals surface area contributed by atoms with Crippen LogP contribution in [-0.4, -0.2) is 54.9 Å². The van der Waals surface area contributed by atoms with Crippen LogP contribution in [-0.2, 0) is 9.59 Å². The van der Waals surface area contributed by atoms with E-state index in [1.165, 1.54) is 10.5 Å². The molecule has 1 aromatic carbocycles. The van der Waals surface area contributed by atoms with Gasteiger partial charge in [-0.05, 0) is 37.5 Å². The van der Waals surface area contributed by atoms with Gasteiger partial charge in [-0.1, -0.05) is 26.0 Å². The maximum absolute atomic E-state index is 12.1. The summed E-state index contributed by atoms with van der Waals surface area (Å²) in [6, 6.07) is 7.73. The number of hydrogen-bond acceptors (Lipinski definition) is 3. The van der Waals surface area contributed by atoms with E-state index in [4.69, 9.17) is 4.74 Å². The molecule has 0 fully saturated rings. The van der Waals surface area contributed by atoms with Crippen LogP contribution in [0.15, 0.2) is 24.3 Å². The fourth-order valence-corrected chi connectivity index (χ4v) is 2.19. The van der Waals surface area contributed by atoms with Crippen molar-refractivity contribution >= 4 is 11.8 Å². The number of amides is 2. The van der Waals surface area contributed by atoms with Crippen molar-refractivity contribution < 1.29 is 14.3 Å². The van der Waals surface area contributed by atoms with Gasteiger partial charge < -0.3 is 14.5 Å². The highest BCUT2D eigenvalue weighted by molar-refractivity contribution is 5.85. The molecule has 0 radical (unpaired) electrons. The Morgan fingerprint density at radius 3 is 2.35 bits per heavy atom. The highest BCUT2D eigenvalue weighted by Crippen LogP contribution is 2.20. The predicted octanol–water partition coefficient (Wildman–Crippen LogP) is 2.52. The molecular formula is C18H28N2O3. The van der Waals surface area contributed by atoms with Crippen LogP contribution in [0.2, 0.25) is 0 Å². The van der Waals surface area contributed by atoms with Gasteiger partial charge in [0.15, 0.2) is 6.61 Å². The minimum Gasteiger partial charge on any atom is -0.484 e. The summed E-state index contributed by atoms with van der Waals surface area (Å²) in [5, 5.41) is 0. The molecule has 0 aliphatic heterocycles. The molecular weight excluding hydrogens is 292 g/mol. The van der Waals surface area contributed by atoms with Crippen LogP contribution in [0.1, 0.15) is 39.2 Å². The summed E-state index contributed by atoms with van der Waals surface area (Å²) in [6.07, 6.45) is 0. The Labute approximate surface area is 139 Å². The van der Waals surface area contributed by atoms with Crippen molar-refractivity contribution in [3.63, 3.8) is 0 Å². The largest absolute Gasteiger partial charge is 0.484 e. The molecule has 23 heavy (non-hydrogen) atoms. The lowest BCUT2D eigenvalue weighted by atomic mass is 10.0. The number of carbonyl (C=O) groups is 2. The third kappa shape index (κ3) is 5.93. The lowest BCUT2D eigenvalue weighted by Gasteiger charge is -2.23. The van der Waals surface area contributed by atoms with E-state index in [2.05, 4.69) is 13.8 Å². The fraction of sp³-hybridized carbons (Fsp3) is 0.556. The van der Waals surface area contributed by atoms with Crippen molar-refractivity contribution in [2.45, 2.75) is 33.6 Å². The number of ether oxygens (including phenoxy) is 1. The van der Waals surface area contributed by atoms with Gasteiger partial charge in [-0.25, -0.2) is 0 Å². The number of carbonyl (C=O) groups excluding carboxylic acids is 2. The molecule has 1 rings (SSSR count). The average molecular weight is 320 g/mol. The Balaban J connectivity index is 2.53. The first-order chi connectivity index (χ1) is 10.9. The van der Waals surface area contributed by atoms with E-state index < -0.39 is 0 Å². The topological polar surface area (TPSA) is 49.9 Å². The molecule has 0 unspecified atom stereocenters. The molecule has 5 heteroatoms. The van der Waals surface area contributed by atoms with E-state index in [-0.39, 0.29) is 25.0 Å². The Morgan fingerprint density at radius 1 is 1.13 bits per heavy atom. The zero-order valence-electron chi connectivity index (χ0n) is 14.8. The zero-order chi connectivity index (χ0) is 17.4. The van der Waals surface area contributed by atoms with Crippen LogP contribution < -0.4 is 4.74 Å². The molecule has 1 aromatic rings. The summed E-state index contributed by atoms with van der Waals surface area (Å²) in [5.41, 5.74) is 1.17. The van der Waals surface area contributed by atoms with Crippen molar-refractivity contribution in [1.82, 2.24) is 9.80 Å². The van der Waals surface area contributed by atoms with Crippen LogP contribution in [0, 0.1) is 0 Å². The van der Waals surface area contributed by atoms with Gasteiger partial charge in [-0.3, -0.25) is 9.59 Å². The van der Waals surface area contributed by atoms with Gasteiger partial charge in [-0.15, -0.1) is 0 Å². The van der Waals surface area contributed by atoms with Gasteiger partial charge in [0.25, 0.3) is 5.91 Å². The lowest BCUT2D eigenvalue weighted by molar-refractivity contribution is -0.140. The van der Waals surface area contributed by atoms with Crippen molar-refractivity contribution in [3.8, 4) is 5.75 Å². The van der Waals surface area contributed by atoms with Crippen LogP contribution in [0.25, 0.3) is 0 Å². The van der Waals surface area contributed by atoms with Crippen LogP contribution in [0.5, 0.6) is 5.75 Å². The number of rotatable bonds is 8. The highest BCUT2D eigenvalue weighted by Gasteiger charge is 2.17. The molecule has 0 aromatic heterocycles. The number of benzene rings is 1. The second-order valence-corrected chi connectivity index (χ2v) is 5.83. The normalized spacial score (nSPS) is 10.5. The molecule has 0 N–H and O–H groups in total. The fourth-order valence-electron chi connectivity index (χ4n) is 2.19. The maximum Gasteiger partial charge on any atom is 0.260 e. The van der Waals surface area contributed by atoms with Crippen LogP contribution >= 0.6 is 0 Å². The summed E-state index contributed by atoms with van der Waals surface area (Å²) < 4.78 is 5.56. The SMILES string of the molecule is CCN(CC)C(=O)CN(C)C(=O)COc1cccc(C(C)C)c1. The van der Waals surface area contributed by atoms with E-state index in [0.29, 0.717) is 24.8 Å². The molecule has 0 spiro atoms. The van der Waals surface area contributed by atoms with E-state index in [0.717, 1.165) is 0 Å². The lowest BCUT2D eigenvalue weighted by Crippen LogP contribution is -2.42. The minimum absolute atomic E-state index is 0.0485. The second-order valence-electron chi connectivity index (χ2n) is 5.83.